The number of nitrogens with one attached hydrogen (secondary N) is 1. The zero-order valence-corrected chi connectivity index (χ0v) is 12.2. The van der Waals surface area contributed by atoms with Crippen LogP contribution in [0.3, 0.4) is 0 Å². The van der Waals surface area contributed by atoms with Gasteiger partial charge in [-0.1, -0.05) is 12.1 Å². The molecule has 0 unspecified atom stereocenters. The van der Waals surface area contributed by atoms with Gasteiger partial charge in [0.2, 0.25) is 5.91 Å². The average molecular weight is 304 g/mol. The molecule has 3 amide bonds. The fourth-order valence-electron chi connectivity index (χ4n) is 2.88. The number of rotatable bonds is 5. The van der Waals surface area contributed by atoms with E-state index in [4.69, 9.17) is 9.47 Å². The molecule has 1 N–H and O–H groups in total. The number of carbonyl (C=O) groups is 3. The number of hydrogen-bond acceptors (Lipinski definition) is 5. The van der Waals surface area contributed by atoms with E-state index < -0.39 is 24.1 Å². The van der Waals surface area contributed by atoms with Gasteiger partial charge in [-0.3, -0.25) is 19.3 Å². The summed E-state index contributed by atoms with van der Waals surface area (Å²) in [6.07, 6.45) is -0.153. The van der Waals surface area contributed by atoms with Crippen LogP contribution in [0, 0.1) is 0 Å². The van der Waals surface area contributed by atoms with E-state index in [0.29, 0.717) is 17.5 Å². The maximum absolute atomic E-state index is 12.4. The maximum Gasteiger partial charge on any atom is 0.262 e. The van der Waals surface area contributed by atoms with Crippen molar-refractivity contribution in [2.75, 3.05) is 14.2 Å². The molecule has 0 aliphatic carbocycles. The Labute approximate surface area is 127 Å². The Morgan fingerprint density at radius 2 is 1.64 bits per heavy atom. The molecule has 7 nitrogen and oxygen atoms in total. The number of hydrogen-bond donors (Lipinski definition) is 1. The van der Waals surface area contributed by atoms with Crippen LogP contribution in [-0.4, -0.2) is 55.2 Å². The van der Waals surface area contributed by atoms with Crippen LogP contribution in [-0.2, 0) is 14.3 Å². The standard InChI is InChI=1S/C15H16N2O5/c1-21-11(22-2)7-10-12(13(18)16-10)17-14(19)8-5-3-4-6-9(8)15(17)20/h3-6,10-12H,7H2,1-2H3,(H,16,18)/t10-,12+/m0/s1. The lowest BCUT2D eigenvalue weighted by molar-refractivity contribution is -0.144. The van der Waals surface area contributed by atoms with Gasteiger partial charge in [-0.15, -0.1) is 0 Å². The van der Waals surface area contributed by atoms with Gasteiger partial charge < -0.3 is 14.8 Å². The fraction of sp³-hybridized carbons (Fsp3) is 0.400. The molecule has 1 saturated heterocycles. The highest BCUT2D eigenvalue weighted by atomic mass is 16.7. The molecular weight excluding hydrogens is 288 g/mol. The van der Waals surface area contributed by atoms with Crippen molar-refractivity contribution >= 4 is 17.7 Å². The molecule has 7 heteroatoms. The second-order valence-corrected chi connectivity index (χ2v) is 5.22. The van der Waals surface area contributed by atoms with Crippen molar-refractivity contribution in [2.24, 2.45) is 0 Å². The van der Waals surface area contributed by atoms with Crippen LogP contribution in [0.15, 0.2) is 24.3 Å². The lowest BCUT2D eigenvalue weighted by Gasteiger charge is -2.41. The quantitative estimate of drug-likeness (QED) is 0.476. The highest BCUT2D eigenvalue weighted by Crippen LogP contribution is 2.29. The van der Waals surface area contributed by atoms with Crippen molar-refractivity contribution in [2.45, 2.75) is 24.8 Å². The van der Waals surface area contributed by atoms with Crippen molar-refractivity contribution in [1.82, 2.24) is 10.2 Å². The third-order valence-electron chi connectivity index (χ3n) is 4.05. The average Bonchev–Trinajstić information content (AvgIpc) is 2.77. The molecule has 2 atom stereocenters. The minimum absolute atomic E-state index is 0.334. The summed E-state index contributed by atoms with van der Waals surface area (Å²) in [4.78, 5) is 37.8. The second-order valence-electron chi connectivity index (χ2n) is 5.22. The first-order valence-corrected chi connectivity index (χ1v) is 6.91. The van der Waals surface area contributed by atoms with Gasteiger partial charge in [0, 0.05) is 20.6 Å². The van der Waals surface area contributed by atoms with Gasteiger partial charge in [0.15, 0.2) is 6.29 Å². The summed E-state index contributed by atoms with van der Waals surface area (Å²) >= 11 is 0. The van der Waals surface area contributed by atoms with Gasteiger partial charge in [-0.2, -0.15) is 0 Å². The Bertz CT molecular complexity index is 606. The summed E-state index contributed by atoms with van der Waals surface area (Å²) in [5.41, 5.74) is 0.668. The minimum Gasteiger partial charge on any atom is -0.356 e. The van der Waals surface area contributed by atoms with E-state index >= 15 is 0 Å². The molecule has 1 fully saturated rings. The van der Waals surface area contributed by atoms with Crippen LogP contribution in [0.2, 0.25) is 0 Å². The monoisotopic (exact) mass is 304 g/mol. The molecule has 1 aromatic rings. The lowest BCUT2D eigenvalue weighted by Crippen LogP contribution is -2.70. The molecule has 2 aliphatic rings. The second kappa shape index (κ2) is 5.51. The van der Waals surface area contributed by atoms with E-state index in [-0.39, 0.29) is 11.9 Å². The maximum atomic E-state index is 12.4. The highest BCUT2D eigenvalue weighted by Gasteiger charge is 2.52. The first-order chi connectivity index (χ1) is 10.6. The first-order valence-electron chi connectivity index (χ1n) is 6.91. The van der Waals surface area contributed by atoms with Crippen LogP contribution in [0.5, 0.6) is 0 Å². The molecule has 0 radical (unpaired) electrons. The van der Waals surface area contributed by atoms with Gasteiger partial charge in [-0.25, -0.2) is 0 Å². The Hall–Kier alpha value is -2.25. The summed E-state index contributed by atoms with van der Waals surface area (Å²) < 4.78 is 10.2. The molecule has 0 saturated carbocycles. The Morgan fingerprint density at radius 3 is 2.09 bits per heavy atom. The number of nitrogens with zero attached hydrogens (tertiary/aromatic N) is 1. The predicted octanol–water partition coefficient (Wildman–Crippen LogP) is 0.159. The largest absolute Gasteiger partial charge is 0.356 e. The Balaban J connectivity index is 1.83. The Morgan fingerprint density at radius 1 is 1.09 bits per heavy atom. The van der Waals surface area contributed by atoms with Crippen molar-refractivity contribution in [3.8, 4) is 0 Å². The normalized spacial score (nSPS) is 23.6. The van der Waals surface area contributed by atoms with Crippen LogP contribution in [0.4, 0.5) is 0 Å². The van der Waals surface area contributed by atoms with Gasteiger partial charge in [0.1, 0.15) is 6.04 Å². The zero-order valence-electron chi connectivity index (χ0n) is 12.2. The molecule has 0 bridgehead atoms. The van der Waals surface area contributed by atoms with Crippen LogP contribution in [0.25, 0.3) is 0 Å². The van der Waals surface area contributed by atoms with Gasteiger partial charge in [0.25, 0.3) is 11.8 Å². The van der Waals surface area contributed by atoms with Crippen LogP contribution in [0.1, 0.15) is 27.1 Å². The topological polar surface area (TPSA) is 84.9 Å². The number of ether oxygens (including phenoxy) is 2. The first kappa shape index (κ1) is 14.7. The predicted molar refractivity (Wildman–Crippen MR) is 75.1 cm³/mol. The smallest absolute Gasteiger partial charge is 0.262 e. The van der Waals surface area contributed by atoms with Crippen LogP contribution < -0.4 is 5.32 Å². The fourth-order valence-corrected chi connectivity index (χ4v) is 2.88. The van der Waals surface area contributed by atoms with E-state index in [1.165, 1.54) is 14.2 Å². The summed E-state index contributed by atoms with van der Waals surface area (Å²) in [6, 6.07) is 5.37. The molecule has 2 heterocycles. The van der Waals surface area contributed by atoms with Crippen molar-refractivity contribution in [3.63, 3.8) is 0 Å². The minimum atomic E-state index is -0.819. The SMILES string of the molecule is COC(C[C@@H]1NC(=O)[C@@H]1N1C(=O)c2ccccc2C1=O)OC. The number of benzene rings is 1. The Kier molecular flexibility index (Phi) is 3.67. The number of β-lactam (4-membered cyclic amide) rings is 1. The van der Waals surface area contributed by atoms with E-state index in [9.17, 15) is 14.4 Å². The zero-order chi connectivity index (χ0) is 15.9. The number of carbonyl (C=O) groups excluding carboxylic acids is 3. The van der Waals surface area contributed by atoms with Crippen molar-refractivity contribution in [1.29, 1.82) is 0 Å². The van der Waals surface area contributed by atoms with E-state index in [1.807, 2.05) is 0 Å². The summed E-state index contributed by atoms with van der Waals surface area (Å²) in [5.74, 6) is -1.21. The lowest BCUT2D eigenvalue weighted by atomic mass is 9.93. The number of imide groups is 1. The molecule has 0 aromatic heterocycles. The number of amides is 3. The van der Waals surface area contributed by atoms with Crippen molar-refractivity contribution < 1.29 is 23.9 Å². The molecular formula is C15H16N2O5. The van der Waals surface area contributed by atoms with E-state index in [1.54, 1.807) is 24.3 Å². The molecule has 116 valence electrons. The summed E-state index contributed by atoms with van der Waals surface area (Å²) in [6.45, 7) is 0. The third-order valence-corrected chi connectivity index (χ3v) is 4.05. The summed E-state index contributed by atoms with van der Waals surface area (Å²) in [5, 5.41) is 2.69. The molecule has 2 aliphatic heterocycles. The molecule has 1 aromatic carbocycles. The molecule has 22 heavy (non-hydrogen) atoms. The number of fused-ring (bicyclic) bond motifs is 1. The van der Waals surface area contributed by atoms with E-state index in [0.717, 1.165) is 4.90 Å². The summed E-state index contributed by atoms with van der Waals surface area (Å²) in [7, 11) is 2.98. The molecule has 0 spiro atoms. The van der Waals surface area contributed by atoms with Gasteiger partial charge in [-0.05, 0) is 12.1 Å². The van der Waals surface area contributed by atoms with Gasteiger partial charge in [0.05, 0.1) is 17.2 Å². The molecule has 3 rings (SSSR count). The van der Waals surface area contributed by atoms with Crippen molar-refractivity contribution in [3.05, 3.63) is 35.4 Å². The highest BCUT2D eigenvalue weighted by molar-refractivity contribution is 6.23. The van der Waals surface area contributed by atoms with E-state index in [2.05, 4.69) is 5.32 Å². The number of methoxy groups -OCH3 is 2. The third kappa shape index (κ3) is 2.10. The van der Waals surface area contributed by atoms with Gasteiger partial charge >= 0.3 is 0 Å². The van der Waals surface area contributed by atoms with Crippen LogP contribution >= 0.6 is 0 Å².